The van der Waals surface area contributed by atoms with Crippen LogP contribution in [0.5, 0.6) is 0 Å². The number of piperazine rings is 1. The van der Waals surface area contributed by atoms with Gasteiger partial charge in [-0.3, -0.25) is 18.8 Å². The van der Waals surface area contributed by atoms with Gasteiger partial charge in [-0.25, -0.2) is 9.78 Å². The Morgan fingerprint density at radius 1 is 0.788 bits per heavy atom. The Hall–Kier alpha value is -3.65. The number of imidazole rings is 1. The molecule has 8 heteroatoms. The van der Waals surface area contributed by atoms with Crippen LogP contribution in [-0.2, 0) is 27.2 Å². The van der Waals surface area contributed by atoms with E-state index in [1.54, 1.807) is 7.05 Å². The van der Waals surface area contributed by atoms with Crippen molar-refractivity contribution in [2.75, 3.05) is 31.1 Å². The highest BCUT2D eigenvalue weighted by atomic mass is 16.2. The summed E-state index contributed by atoms with van der Waals surface area (Å²) in [5.74, 6) is 0.806. The SMILES string of the molecule is Cn1c(=O)c2c(nc(CN3CCN(c4ccccc4)CC3)n2Cc2ccccc2)n(C)c1=O. The van der Waals surface area contributed by atoms with Crippen LogP contribution in [0.25, 0.3) is 11.2 Å². The van der Waals surface area contributed by atoms with Crippen molar-refractivity contribution in [3.05, 3.63) is 92.9 Å². The molecule has 8 nitrogen and oxygen atoms in total. The van der Waals surface area contributed by atoms with Crippen LogP contribution < -0.4 is 16.1 Å². The van der Waals surface area contributed by atoms with E-state index in [2.05, 4.69) is 34.1 Å². The molecular weight excluding hydrogens is 416 g/mol. The molecule has 2 aromatic heterocycles. The van der Waals surface area contributed by atoms with Gasteiger partial charge in [0, 0.05) is 52.5 Å². The van der Waals surface area contributed by atoms with Gasteiger partial charge in [0.1, 0.15) is 5.82 Å². The molecule has 0 radical (unpaired) electrons. The van der Waals surface area contributed by atoms with Crippen molar-refractivity contribution in [1.82, 2.24) is 23.6 Å². The second-order valence-corrected chi connectivity index (χ2v) is 8.58. The van der Waals surface area contributed by atoms with Crippen LogP contribution in [-0.4, -0.2) is 49.8 Å². The van der Waals surface area contributed by atoms with Crippen molar-refractivity contribution in [2.45, 2.75) is 13.1 Å². The highest BCUT2D eigenvalue weighted by Crippen LogP contribution is 2.19. The molecule has 3 heterocycles. The minimum atomic E-state index is -0.361. The molecule has 1 aliphatic heterocycles. The number of nitrogens with zero attached hydrogens (tertiary/aromatic N) is 6. The van der Waals surface area contributed by atoms with Crippen LogP contribution in [0.3, 0.4) is 0 Å². The Labute approximate surface area is 191 Å². The maximum Gasteiger partial charge on any atom is 0.332 e. The van der Waals surface area contributed by atoms with Gasteiger partial charge in [-0.1, -0.05) is 48.5 Å². The molecule has 4 aromatic rings. The van der Waals surface area contributed by atoms with Gasteiger partial charge in [-0.05, 0) is 17.7 Å². The minimum Gasteiger partial charge on any atom is -0.369 e. The first-order valence-electron chi connectivity index (χ1n) is 11.2. The zero-order chi connectivity index (χ0) is 22.9. The first kappa shape index (κ1) is 21.2. The lowest BCUT2D eigenvalue weighted by Gasteiger charge is -2.36. The molecule has 0 unspecified atom stereocenters. The van der Waals surface area contributed by atoms with Gasteiger partial charge in [-0.2, -0.15) is 0 Å². The zero-order valence-electron chi connectivity index (χ0n) is 19.0. The standard InChI is InChI=1S/C25H28N6O2/c1-27-23-22(24(32)28(2)25(27)33)31(17-19-9-5-3-6-10-19)21(26-23)18-29-13-15-30(16-14-29)20-11-7-4-8-12-20/h3-12H,13-18H2,1-2H3. The molecule has 0 saturated carbocycles. The monoisotopic (exact) mass is 444 g/mol. The van der Waals surface area contributed by atoms with E-state index in [1.165, 1.54) is 17.3 Å². The Balaban J connectivity index is 1.48. The molecule has 1 fully saturated rings. The molecule has 0 N–H and O–H groups in total. The van der Waals surface area contributed by atoms with Crippen molar-refractivity contribution < 1.29 is 0 Å². The lowest BCUT2D eigenvalue weighted by molar-refractivity contribution is 0.241. The molecule has 0 aliphatic carbocycles. The molecule has 33 heavy (non-hydrogen) atoms. The summed E-state index contributed by atoms with van der Waals surface area (Å²) in [6, 6.07) is 20.5. The summed E-state index contributed by atoms with van der Waals surface area (Å²) in [5.41, 5.74) is 2.57. The predicted octanol–water partition coefficient (Wildman–Crippen LogP) is 1.80. The van der Waals surface area contributed by atoms with Crippen LogP contribution in [0.2, 0.25) is 0 Å². The van der Waals surface area contributed by atoms with Gasteiger partial charge in [0.15, 0.2) is 11.2 Å². The van der Waals surface area contributed by atoms with E-state index in [9.17, 15) is 9.59 Å². The van der Waals surface area contributed by atoms with Crippen molar-refractivity contribution in [1.29, 1.82) is 0 Å². The molecule has 0 atom stereocenters. The molecule has 0 spiro atoms. The summed E-state index contributed by atoms with van der Waals surface area (Å²) in [6.45, 7) is 4.83. The molecule has 1 aliphatic rings. The number of aryl methyl sites for hydroxylation is 1. The largest absolute Gasteiger partial charge is 0.369 e. The van der Waals surface area contributed by atoms with Crippen LogP contribution >= 0.6 is 0 Å². The second kappa shape index (κ2) is 8.71. The zero-order valence-corrected chi connectivity index (χ0v) is 19.0. The summed E-state index contributed by atoms with van der Waals surface area (Å²) in [4.78, 5) is 35.1. The van der Waals surface area contributed by atoms with Gasteiger partial charge in [0.25, 0.3) is 5.56 Å². The fourth-order valence-electron chi connectivity index (χ4n) is 4.55. The van der Waals surface area contributed by atoms with Gasteiger partial charge in [0.2, 0.25) is 0 Å². The number of fused-ring (bicyclic) bond motifs is 1. The van der Waals surface area contributed by atoms with Gasteiger partial charge in [-0.15, -0.1) is 0 Å². The average molecular weight is 445 g/mol. The fourth-order valence-corrected chi connectivity index (χ4v) is 4.55. The number of hydrogen-bond acceptors (Lipinski definition) is 5. The van der Waals surface area contributed by atoms with E-state index in [4.69, 9.17) is 4.98 Å². The van der Waals surface area contributed by atoms with E-state index in [0.717, 1.165) is 42.1 Å². The highest BCUT2D eigenvalue weighted by Gasteiger charge is 2.23. The van der Waals surface area contributed by atoms with Crippen molar-refractivity contribution in [2.24, 2.45) is 14.1 Å². The van der Waals surface area contributed by atoms with E-state index >= 15 is 0 Å². The molecule has 5 rings (SSSR count). The first-order chi connectivity index (χ1) is 16.0. The Morgan fingerprint density at radius 2 is 1.42 bits per heavy atom. The van der Waals surface area contributed by atoms with Crippen LogP contribution in [0.15, 0.2) is 70.3 Å². The number of anilines is 1. The molecule has 1 saturated heterocycles. The lowest BCUT2D eigenvalue weighted by Crippen LogP contribution is -2.46. The van der Waals surface area contributed by atoms with E-state index in [-0.39, 0.29) is 11.2 Å². The number of rotatable bonds is 5. The topological polar surface area (TPSA) is 68.3 Å². The normalized spacial score (nSPS) is 14.8. The van der Waals surface area contributed by atoms with Crippen molar-refractivity contribution in [3.8, 4) is 0 Å². The molecular formula is C25H28N6O2. The first-order valence-corrected chi connectivity index (χ1v) is 11.2. The van der Waals surface area contributed by atoms with E-state index in [1.807, 2.05) is 41.0 Å². The third-order valence-corrected chi connectivity index (χ3v) is 6.47. The Bertz CT molecular complexity index is 1380. The third kappa shape index (κ3) is 3.98. The lowest BCUT2D eigenvalue weighted by atomic mass is 10.2. The van der Waals surface area contributed by atoms with Crippen molar-refractivity contribution in [3.63, 3.8) is 0 Å². The Kier molecular flexibility index (Phi) is 5.60. The smallest absolute Gasteiger partial charge is 0.332 e. The molecule has 170 valence electrons. The van der Waals surface area contributed by atoms with Crippen molar-refractivity contribution >= 4 is 16.9 Å². The van der Waals surface area contributed by atoms with Crippen LogP contribution in [0.1, 0.15) is 11.4 Å². The minimum absolute atomic E-state index is 0.309. The van der Waals surface area contributed by atoms with E-state index < -0.39 is 0 Å². The van der Waals surface area contributed by atoms with Gasteiger partial charge >= 0.3 is 5.69 Å². The maximum absolute atomic E-state index is 13.1. The highest BCUT2D eigenvalue weighted by molar-refractivity contribution is 5.71. The van der Waals surface area contributed by atoms with Crippen LogP contribution in [0.4, 0.5) is 5.69 Å². The maximum atomic E-state index is 13.1. The van der Waals surface area contributed by atoms with Gasteiger partial charge < -0.3 is 9.47 Å². The number of para-hydroxylation sites is 1. The molecule has 2 aromatic carbocycles. The molecule has 0 amide bonds. The predicted molar refractivity (Wildman–Crippen MR) is 130 cm³/mol. The van der Waals surface area contributed by atoms with E-state index in [0.29, 0.717) is 24.3 Å². The molecule has 0 bridgehead atoms. The summed E-state index contributed by atoms with van der Waals surface area (Å²) in [7, 11) is 3.19. The van der Waals surface area contributed by atoms with Gasteiger partial charge in [0.05, 0.1) is 6.54 Å². The number of aromatic nitrogens is 4. The average Bonchev–Trinajstić information content (AvgIpc) is 3.21. The number of benzene rings is 2. The number of hydrogen-bond donors (Lipinski definition) is 0. The Morgan fingerprint density at radius 3 is 2.09 bits per heavy atom. The van der Waals surface area contributed by atoms with Crippen LogP contribution in [0, 0.1) is 0 Å². The second-order valence-electron chi connectivity index (χ2n) is 8.58. The summed E-state index contributed by atoms with van der Waals surface area (Å²) in [6.07, 6.45) is 0. The summed E-state index contributed by atoms with van der Waals surface area (Å²) >= 11 is 0. The fraction of sp³-hybridized carbons (Fsp3) is 0.320. The third-order valence-electron chi connectivity index (χ3n) is 6.47. The summed E-state index contributed by atoms with van der Waals surface area (Å²) < 4.78 is 4.61. The quantitative estimate of drug-likeness (QED) is 0.470. The summed E-state index contributed by atoms with van der Waals surface area (Å²) in [5, 5.41) is 0.